The minimum Gasteiger partial charge on any atom is -0.491 e. The lowest BCUT2D eigenvalue weighted by Gasteiger charge is -2.28. The van der Waals surface area contributed by atoms with Crippen LogP contribution in [0.4, 0.5) is 0 Å². The van der Waals surface area contributed by atoms with Gasteiger partial charge in [-0.1, -0.05) is 49.2 Å². The van der Waals surface area contributed by atoms with Crippen molar-refractivity contribution in [1.29, 1.82) is 0 Å². The molecular formula is C25H29Cl3O6. The number of ether oxygens (including phenoxy) is 3. The largest absolute Gasteiger partial charge is 0.491 e. The standard InChI is InChI=1S/C25H29Cl3O6/c1-15(29)32-13-19(31)14-33-20-7-5-17(6-8-20)25(3,4)18-9-23(27)22(24(28)10-18)11-21(12-26)34-16(2)30/h5-10,19,21,31H,11-14H2,1-4H3. The van der Waals surface area contributed by atoms with E-state index in [-0.39, 0.29) is 19.1 Å². The van der Waals surface area contributed by atoms with Crippen molar-refractivity contribution < 1.29 is 28.9 Å². The van der Waals surface area contributed by atoms with Crippen molar-refractivity contribution in [2.24, 2.45) is 0 Å². The van der Waals surface area contributed by atoms with E-state index in [2.05, 4.69) is 0 Å². The number of aliphatic hydroxyl groups excluding tert-OH is 1. The lowest BCUT2D eigenvalue weighted by molar-refractivity contribution is -0.145. The van der Waals surface area contributed by atoms with Crippen LogP contribution in [-0.2, 0) is 30.9 Å². The zero-order chi connectivity index (χ0) is 25.5. The highest BCUT2D eigenvalue weighted by atomic mass is 35.5. The summed E-state index contributed by atoms with van der Waals surface area (Å²) in [5.74, 6) is -0.163. The van der Waals surface area contributed by atoms with E-state index in [0.717, 1.165) is 11.1 Å². The average Bonchev–Trinajstić information content (AvgIpc) is 2.77. The van der Waals surface area contributed by atoms with Crippen molar-refractivity contribution in [3.8, 4) is 5.75 Å². The third kappa shape index (κ3) is 8.05. The van der Waals surface area contributed by atoms with Crippen molar-refractivity contribution in [3.05, 3.63) is 63.1 Å². The Morgan fingerprint density at radius 2 is 1.56 bits per heavy atom. The molecule has 0 amide bonds. The molecule has 2 aromatic rings. The summed E-state index contributed by atoms with van der Waals surface area (Å²) in [5.41, 5.74) is 2.15. The molecule has 2 aromatic carbocycles. The Hall–Kier alpha value is -1.99. The van der Waals surface area contributed by atoms with Crippen molar-refractivity contribution in [1.82, 2.24) is 0 Å². The number of esters is 2. The minimum atomic E-state index is -0.915. The molecular weight excluding hydrogens is 503 g/mol. The maximum Gasteiger partial charge on any atom is 0.302 e. The summed E-state index contributed by atoms with van der Waals surface area (Å²) in [7, 11) is 0. The number of aliphatic hydroxyl groups is 1. The molecule has 9 heteroatoms. The molecule has 0 aliphatic carbocycles. The number of halogens is 3. The first kappa shape index (κ1) is 28.2. The Morgan fingerprint density at radius 3 is 2.06 bits per heavy atom. The van der Waals surface area contributed by atoms with Crippen LogP contribution in [-0.4, -0.2) is 48.3 Å². The van der Waals surface area contributed by atoms with Gasteiger partial charge in [0.05, 0.1) is 5.88 Å². The summed E-state index contributed by atoms with van der Waals surface area (Å²) in [6.45, 7) is 6.59. The molecule has 0 heterocycles. The normalized spacial score (nSPS) is 13.2. The number of hydrogen-bond acceptors (Lipinski definition) is 6. The van der Waals surface area contributed by atoms with Crippen molar-refractivity contribution in [2.45, 2.75) is 51.7 Å². The van der Waals surface area contributed by atoms with Crippen LogP contribution in [0.1, 0.15) is 44.4 Å². The van der Waals surface area contributed by atoms with E-state index in [9.17, 15) is 14.7 Å². The number of alkyl halides is 1. The van der Waals surface area contributed by atoms with E-state index in [0.29, 0.717) is 27.8 Å². The molecule has 0 aliphatic rings. The first-order valence-electron chi connectivity index (χ1n) is 10.7. The topological polar surface area (TPSA) is 82.1 Å². The number of carbonyl (C=O) groups is 2. The maximum atomic E-state index is 11.3. The molecule has 2 atom stereocenters. The molecule has 2 rings (SSSR count). The van der Waals surface area contributed by atoms with E-state index in [1.54, 1.807) is 12.1 Å². The molecule has 0 bridgehead atoms. The average molecular weight is 532 g/mol. The number of hydrogen-bond donors (Lipinski definition) is 1. The van der Waals surface area contributed by atoms with Gasteiger partial charge in [-0.05, 0) is 41.0 Å². The van der Waals surface area contributed by atoms with E-state index in [1.165, 1.54) is 13.8 Å². The van der Waals surface area contributed by atoms with Crippen LogP contribution < -0.4 is 4.74 Å². The Balaban J connectivity index is 2.14. The van der Waals surface area contributed by atoms with Crippen molar-refractivity contribution >= 4 is 46.7 Å². The zero-order valence-corrected chi connectivity index (χ0v) is 21.8. The second kappa shape index (κ2) is 12.6. The van der Waals surface area contributed by atoms with Gasteiger partial charge in [0, 0.05) is 35.7 Å². The van der Waals surface area contributed by atoms with Gasteiger partial charge in [-0.15, -0.1) is 11.6 Å². The van der Waals surface area contributed by atoms with Gasteiger partial charge in [-0.25, -0.2) is 0 Å². The third-order valence-corrected chi connectivity index (χ3v) is 6.32. The SMILES string of the molecule is CC(=O)OCC(O)COc1ccc(C(C)(C)c2cc(Cl)c(CC(CCl)OC(C)=O)c(Cl)c2)cc1. The second-order valence-electron chi connectivity index (χ2n) is 8.43. The van der Waals surface area contributed by atoms with Gasteiger partial charge in [-0.3, -0.25) is 9.59 Å². The van der Waals surface area contributed by atoms with Crippen LogP contribution in [0.25, 0.3) is 0 Å². The van der Waals surface area contributed by atoms with Crippen LogP contribution >= 0.6 is 34.8 Å². The molecule has 0 aliphatic heterocycles. The fraction of sp³-hybridized carbons (Fsp3) is 0.440. The Morgan fingerprint density at radius 1 is 0.971 bits per heavy atom. The lowest BCUT2D eigenvalue weighted by Crippen LogP contribution is -2.24. The van der Waals surface area contributed by atoms with Crippen LogP contribution in [0.15, 0.2) is 36.4 Å². The first-order valence-corrected chi connectivity index (χ1v) is 12.0. The molecule has 0 aromatic heterocycles. The maximum absolute atomic E-state index is 11.3. The Kier molecular flexibility index (Phi) is 10.5. The van der Waals surface area contributed by atoms with E-state index >= 15 is 0 Å². The fourth-order valence-electron chi connectivity index (χ4n) is 3.34. The minimum absolute atomic E-state index is 0.000658. The number of rotatable bonds is 11. The predicted molar refractivity (Wildman–Crippen MR) is 133 cm³/mol. The van der Waals surface area contributed by atoms with Gasteiger partial charge in [0.1, 0.15) is 31.2 Å². The predicted octanol–water partition coefficient (Wildman–Crippen LogP) is 5.34. The van der Waals surface area contributed by atoms with E-state index in [1.807, 2.05) is 38.1 Å². The number of benzene rings is 2. The molecule has 1 N–H and O–H groups in total. The van der Waals surface area contributed by atoms with Crippen LogP contribution in [0.3, 0.4) is 0 Å². The molecule has 0 fully saturated rings. The quantitative estimate of drug-likeness (QED) is 0.312. The van der Waals surface area contributed by atoms with E-state index < -0.39 is 29.6 Å². The van der Waals surface area contributed by atoms with Gasteiger partial charge < -0.3 is 19.3 Å². The highest BCUT2D eigenvalue weighted by Gasteiger charge is 2.26. The van der Waals surface area contributed by atoms with Crippen LogP contribution in [0.5, 0.6) is 5.75 Å². The fourth-order valence-corrected chi connectivity index (χ4v) is 4.15. The third-order valence-electron chi connectivity index (χ3n) is 5.30. The summed E-state index contributed by atoms with van der Waals surface area (Å²) < 4.78 is 15.5. The Bertz CT molecular complexity index is 968. The zero-order valence-electron chi connectivity index (χ0n) is 19.6. The smallest absolute Gasteiger partial charge is 0.302 e. The molecule has 6 nitrogen and oxygen atoms in total. The molecule has 0 spiro atoms. The molecule has 34 heavy (non-hydrogen) atoms. The molecule has 2 unspecified atom stereocenters. The van der Waals surface area contributed by atoms with Crippen molar-refractivity contribution in [2.75, 3.05) is 19.1 Å². The van der Waals surface area contributed by atoms with Gasteiger partial charge in [0.25, 0.3) is 0 Å². The lowest BCUT2D eigenvalue weighted by atomic mass is 9.78. The van der Waals surface area contributed by atoms with Gasteiger partial charge in [0.15, 0.2) is 0 Å². The number of carbonyl (C=O) groups excluding carboxylic acids is 2. The highest BCUT2D eigenvalue weighted by Crippen LogP contribution is 2.38. The second-order valence-corrected chi connectivity index (χ2v) is 9.55. The van der Waals surface area contributed by atoms with Gasteiger partial charge >= 0.3 is 11.9 Å². The monoisotopic (exact) mass is 530 g/mol. The summed E-state index contributed by atoms with van der Waals surface area (Å²) in [6, 6.07) is 11.2. The molecule has 0 saturated carbocycles. The summed E-state index contributed by atoms with van der Waals surface area (Å²) in [5, 5.41) is 10.8. The van der Waals surface area contributed by atoms with E-state index in [4.69, 9.17) is 49.0 Å². The Labute approximate surface area is 215 Å². The summed E-state index contributed by atoms with van der Waals surface area (Å²) in [4.78, 5) is 22.1. The first-order chi connectivity index (χ1) is 15.9. The van der Waals surface area contributed by atoms with Crippen LogP contribution in [0, 0.1) is 0 Å². The molecule has 0 saturated heterocycles. The van der Waals surface area contributed by atoms with Crippen molar-refractivity contribution in [3.63, 3.8) is 0 Å². The van der Waals surface area contributed by atoms with Gasteiger partial charge in [0.2, 0.25) is 0 Å². The summed E-state index contributed by atoms with van der Waals surface area (Å²) >= 11 is 19.1. The molecule has 186 valence electrons. The van der Waals surface area contributed by atoms with Crippen LogP contribution in [0.2, 0.25) is 10.0 Å². The van der Waals surface area contributed by atoms with Gasteiger partial charge in [-0.2, -0.15) is 0 Å². The molecule has 0 radical (unpaired) electrons. The summed E-state index contributed by atoms with van der Waals surface area (Å²) in [6.07, 6.45) is -1.12. The highest BCUT2D eigenvalue weighted by molar-refractivity contribution is 6.36.